The van der Waals surface area contributed by atoms with Crippen LogP contribution in [0, 0.1) is 0 Å². The van der Waals surface area contributed by atoms with Crippen molar-refractivity contribution >= 4 is 33.4 Å². The largest absolute Gasteiger partial charge is 0.397 e. The minimum atomic E-state index is 0.718. The molecule has 0 fully saturated rings. The lowest BCUT2D eigenvalue weighted by Gasteiger charge is -2.06. The highest BCUT2D eigenvalue weighted by atomic mass is 79.9. The third-order valence-corrected chi connectivity index (χ3v) is 4.19. The molecule has 0 amide bonds. The number of nitrogens with two attached hydrogens (primary N) is 1. The zero-order valence-electron chi connectivity index (χ0n) is 8.56. The lowest BCUT2D eigenvalue weighted by atomic mass is 10.2. The number of hydrogen-bond donors (Lipinski definition) is 1. The molecule has 0 spiro atoms. The van der Waals surface area contributed by atoms with Gasteiger partial charge in [-0.3, -0.25) is 4.98 Å². The number of rotatable bonds is 3. The van der Waals surface area contributed by atoms with E-state index in [1.165, 1.54) is 5.56 Å². The van der Waals surface area contributed by atoms with Gasteiger partial charge in [0.1, 0.15) is 0 Å². The molecule has 2 aromatic rings. The number of aromatic nitrogens is 1. The highest BCUT2D eigenvalue weighted by molar-refractivity contribution is 9.10. The van der Waals surface area contributed by atoms with Crippen LogP contribution in [-0.2, 0) is 5.75 Å². The first-order valence-electron chi connectivity index (χ1n) is 4.83. The van der Waals surface area contributed by atoms with E-state index >= 15 is 0 Å². The minimum Gasteiger partial charge on any atom is -0.397 e. The molecule has 0 aliphatic rings. The van der Waals surface area contributed by atoms with Gasteiger partial charge in [0.15, 0.2) is 0 Å². The summed E-state index contributed by atoms with van der Waals surface area (Å²) in [4.78, 5) is 5.07. The van der Waals surface area contributed by atoms with E-state index in [1.54, 1.807) is 24.2 Å². The maximum atomic E-state index is 5.87. The number of nitrogens with zero attached hydrogens (tertiary/aromatic N) is 1. The molecule has 1 aromatic heterocycles. The zero-order chi connectivity index (χ0) is 11.4. The molecule has 82 valence electrons. The normalized spacial score (nSPS) is 10.3. The summed E-state index contributed by atoms with van der Waals surface area (Å²) in [6.45, 7) is 0. The zero-order valence-corrected chi connectivity index (χ0v) is 11.0. The van der Waals surface area contributed by atoms with Crippen LogP contribution in [-0.4, -0.2) is 4.98 Å². The van der Waals surface area contributed by atoms with Gasteiger partial charge in [-0.1, -0.05) is 30.3 Å². The lowest BCUT2D eigenvalue weighted by molar-refractivity contribution is 1.23. The molecule has 2 rings (SSSR count). The fourth-order valence-electron chi connectivity index (χ4n) is 1.32. The van der Waals surface area contributed by atoms with Crippen LogP contribution in [0.4, 0.5) is 5.69 Å². The predicted octanol–water partition coefficient (Wildman–Crippen LogP) is 3.72. The number of halogens is 1. The van der Waals surface area contributed by atoms with Crippen molar-refractivity contribution < 1.29 is 0 Å². The van der Waals surface area contributed by atoms with Crippen molar-refractivity contribution in [2.45, 2.75) is 10.6 Å². The van der Waals surface area contributed by atoms with Gasteiger partial charge in [0.05, 0.1) is 16.4 Å². The van der Waals surface area contributed by atoms with Gasteiger partial charge in [-0.05, 0) is 21.5 Å². The summed E-state index contributed by atoms with van der Waals surface area (Å²) in [7, 11) is 0. The van der Waals surface area contributed by atoms with Crippen molar-refractivity contribution in [3.8, 4) is 0 Å². The molecule has 0 aliphatic heterocycles. The quantitative estimate of drug-likeness (QED) is 0.877. The second-order valence-corrected chi connectivity index (χ2v) is 5.15. The molecule has 0 bridgehead atoms. The Bertz CT molecular complexity index is 453. The van der Waals surface area contributed by atoms with Crippen LogP contribution in [0.2, 0.25) is 0 Å². The summed E-state index contributed by atoms with van der Waals surface area (Å²) < 4.78 is 0.952. The van der Waals surface area contributed by atoms with Crippen LogP contribution in [0.3, 0.4) is 0 Å². The maximum absolute atomic E-state index is 5.87. The Morgan fingerprint density at radius 3 is 2.62 bits per heavy atom. The third kappa shape index (κ3) is 2.77. The Morgan fingerprint density at radius 1 is 1.19 bits per heavy atom. The van der Waals surface area contributed by atoms with E-state index in [9.17, 15) is 0 Å². The minimum absolute atomic E-state index is 0.718. The summed E-state index contributed by atoms with van der Waals surface area (Å²) in [5.74, 6) is 0.910. The maximum Gasteiger partial charge on any atom is 0.0650 e. The Kier molecular flexibility index (Phi) is 3.85. The summed E-state index contributed by atoms with van der Waals surface area (Å²) >= 11 is 5.17. The second kappa shape index (κ2) is 5.37. The average molecular weight is 295 g/mol. The van der Waals surface area contributed by atoms with E-state index in [0.29, 0.717) is 0 Å². The standard InChI is InChI=1S/C12H11BrN2S/c13-10-6-15-7-11(14)12(10)16-8-9-4-2-1-3-5-9/h1-7H,8,14H2. The van der Waals surface area contributed by atoms with Crippen LogP contribution < -0.4 is 5.73 Å². The SMILES string of the molecule is Nc1cncc(Br)c1SCc1ccccc1. The molecule has 0 saturated heterocycles. The molecule has 0 saturated carbocycles. The molecule has 2 N–H and O–H groups in total. The van der Waals surface area contributed by atoms with Gasteiger partial charge < -0.3 is 5.73 Å². The summed E-state index contributed by atoms with van der Waals surface area (Å²) in [5.41, 5.74) is 7.88. The monoisotopic (exact) mass is 294 g/mol. The molecule has 1 aromatic carbocycles. The fourth-order valence-corrected chi connectivity index (χ4v) is 2.92. The number of nitrogen functional groups attached to an aromatic ring is 1. The highest BCUT2D eigenvalue weighted by Gasteiger charge is 2.05. The van der Waals surface area contributed by atoms with E-state index in [2.05, 4.69) is 33.0 Å². The highest BCUT2D eigenvalue weighted by Crippen LogP contribution is 2.33. The van der Waals surface area contributed by atoms with Crippen molar-refractivity contribution in [1.82, 2.24) is 4.98 Å². The summed E-state index contributed by atoms with van der Waals surface area (Å²) in [5, 5.41) is 0. The van der Waals surface area contributed by atoms with Gasteiger partial charge >= 0.3 is 0 Å². The molecule has 2 nitrogen and oxygen atoms in total. The lowest BCUT2D eigenvalue weighted by Crippen LogP contribution is -1.91. The van der Waals surface area contributed by atoms with Crippen LogP contribution in [0.25, 0.3) is 0 Å². The smallest absolute Gasteiger partial charge is 0.0650 e. The first-order chi connectivity index (χ1) is 7.77. The molecular formula is C12H11BrN2S. The van der Waals surface area contributed by atoms with Gasteiger partial charge in [-0.2, -0.15) is 0 Å². The molecule has 0 atom stereocenters. The van der Waals surface area contributed by atoms with Crippen LogP contribution in [0.5, 0.6) is 0 Å². The second-order valence-electron chi connectivity index (χ2n) is 3.31. The number of thioether (sulfide) groups is 1. The van der Waals surface area contributed by atoms with Gasteiger partial charge in [0, 0.05) is 16.8 Å². The first-order valence-corrected chi connectivity index (χ1v) is 6.61. The number of anilines is 1. The summed E-state index contributed by atoms with van der Waals surface area (Å²) in [6, 6.07) is 10.3. The van der Waals surface area contributed by atoms with Gasteiger partial charge in [-0.15, -0.1) is 11.8 Å². The van der Waals surface area contributed by atoms with E-state index in [-0.39, 0.29) is 0 Å². The molecule has 0 unspecified atom stereocenters. The number of benzene rings is 1. The van der Waals surface area contributed by atoms with Crippen molar-refractivity contribution in [2.24, 2.45) is 0 Å². The van der Waals surface area contributed by atoms with Crippen LogP contribution in [0.1, 0.15) is 5.56 Å². The van der Waals surface area contributed by atoms with Crippen molar-refractivity contribution in [2.75, 3.05) is 5.73 Å². The fraction of sp³-hybridized carbons (Fsp3) is 0.0833. The molecule has 0 aliphatic carbocycles. The van der Waals surface area contributed by atoms with Crippen molar-refractivity contribution in [1.29, 1.82) is 0 Å². The van der Waals surface area contributed by atoms with E-state index < -0.39 is 0 Å². The van der Waals surface area contributed by atoms with E-state index in [1.807, 2.05) is 18.2 Å². The van der Waals surface area contributed by atoms with E-state index in [4.69, 9.17) is 5.73 Å². The van der Waals surface area contributed by atoms with Crippen molar-refractivity contribution in [3.05, 3.63) is 52.8 Å². The van der Waals surface area contributed by atoms with Gasteiger partial charge in [-0.25, -0.2) is 0 Å². The summed E-state index contributed by atoms with van der Waals surface area (Å²) in [6.07, 6.45) is 3.45. The van der Waals surface area contributed by atoms with Crippen molar-refractivity contribution in [3.63, 3.8) is 0 Å². The molecule has 4 heteroatoms. The van der Waals surface area contributed by atoms with Gasteiger partial charge in [0.2, 0.25) is 0 Å². The van der Waals surface area contributed by atoms with Crippen LogP contribution in [0.15, 0.2) is 52.1 Å². The Balaban J connectivity index is 2.11. The van der Waals surface area contributed by atoms with Gasteiger partial charge in [0.25, 0.3) is 0 Å². The number of pyridine rings is 1. The van der Waals surface area contributed by atoms with E-state index in [0.717, 1.165) is 20.8 Å². The molecule has 16 heavy (non-hydrogen) atoms. The average Bonchev–Trinajstić information content (AvgIpc) is 2.30. The molecule has 1 heterocycles. The predicted molar refractivity (Wildman–Crippen MR) is 72.4 cm³/mol. The third-order valence-electron chi connectivity index (χ3n) is 2.11. The number of hydrogen-bond acceptors (Lipinski definition) is 3. The Hall–Kier alpha value is -1.00. The topological polar surface area (TPSA) is 38.9 Å². The first kappa shape index (κ1) is 11.5. The van der Waals surface area contributed by atoms with Crippen LogP contribution >= 0.6 is 27.7 Å². The Morgan fingerprint density at radius 2 is 1.94 bits per heavy atom. The molecule has 0 radical (unpaired) electrons. The Labute approximate surface area is 107 Å². The molecular weight excluding hydrogens is 284 g/mol.